The Morgan fingerprint density at radius 3 is 2.67 bits per heavy atom. The van der Waals surface area contributed by atoms with Gasteiger partial charge in [0.25, 0.3) is 11.6 Å². The van der Waals surface area contributed by atoms with E-state index in [1.165, 1.54) is 22.9 Å². The minimum absolute atomic E-state index is 0.0136. The van der Waals surface area contributed by atoms with Gasteiger partial charge < -0.3 is 9.64 Å². The zero-order valence-corrected chi connectivity index (χ0v) is 17.7. The molecule has 162 valence electrons. The number of methoxy groups -OCH3 is 1. The molecule has 0 unspecified atom stereocenters. The summed E-state index contributed by atoms with van der Waals surface area (Å²) in [6, 6.07) is 3.97. The number of rotatable bonds is 7. The number of hydrogen-bond donors (Lipinski definition) is 0. The Morgan fingerprint density at radius 2 is 2.07 bits per heavy atom. The van der Waals surface area contributed by atoms with Crippen LogP contribution in [0, 0.1) is 10.1 Å². The highest BCUT2D eigenvalue weighted by Crippen LogP contribution is 2.29. The van der Waals surface area contributed by atoms with Crippen molar-refractivity contribution in [1.29, 1.82) is 0 Å². The van der Waals surface area contributed by atoms with Crippen LogP contribution < -0.4 is 5.69 Å². The molecule has 0 aliphatic carbocycles. The lowest BCUT2D eigenvalue weighted by molar-refractivity contribution is -0.385. The Morgan fingerprint density at radius 1 is 1.37 bits per heavy atom. The third-order valence-corrected chi connectivity index (χ3v) is 5.54. The molecule has 1 aromatic carbocycles. The first-order valence-corrected chi connectivity index (χ1v) is 10.1. The van der Waals surface area contributed by atoms with Gasteiger partial charge in [0.1, 0.15) is 11.4 Å². The number of nitro groups is 1. The lowest BCUT2D eigenvalue weighted by Gasteiger charge is -2.31. The third-order valence-electron chi connectivity index (χ3n) is 5.31. The molecular weight excluding hydrogens is 414 g/mol. The maximum Gasteiger partial charge on any atom is 0.345 e. The predicted molar refractivity (Wildman–Crippen MR) is 110 cm³/mol. The van der Waals surface area contributed by atoms with Crippen molar-refractivity contribution in [3.05, 3.63) is 55.2 Å². The molecule has 1 aliphatic rings. The van der Waals surface area contributed by atoms with E-state index in [4.69, 9.17) is 16.3 Å². The molecule has 1 aliphatic heterocycles. The minimum atomic E-state index is -0.580. The van der Waals surface area contributed by atoms with Crippen LogP contribution in [0.5, 0.6) is 0 Å². The molecule has 0 spiro atoms. The van der Waals surface area contributed by atoms with Crippen LogP contribution in [-0.2, 0) is 17.8 Å². The van der Waals surface area contributed by atoms with Gasteiger partial charge in [0.2, 0.25) is 0 Å². The zero-order chi connectivity index (χ0) is 21.8. The standard InChI is InChI=1S/C19H24ClN5O5/c1-3-23-17(21-24(19(23)27)10-11-30-2)13-6-8-22(9-7-13)18(26)15-12-14(20)4-5-16(15)25(28)29/h4-5,12-13H,3,6-11H2,1-2H3. The maximum absolute atomic E-state index is 12.9. The summed E-state index contributed by atoms with van der Waals surface area (Å²) in [7, 11) is 1.57. The van der Waals surface area contributed by atoms with Gasteiger partial charge in [0.15, 0.2) is 0 Å². The van der Waals surface area contributed by atoms with Crippen molar-refractivity contribution in [3.8, 4) is 0 Å². The van der Waals surface area contributed by atoms with E-state index < -0.39 is 10.8 Å². The predicted octanol–water partition coefficient (Wildman–Crippen LogP) is 2.29. The van der Waals surface area contributed by atoms with E-state index in [2.05, 4.69) is 5.10 Å². The van der Waals surface area contributed by atoms with Crippen molar-refractivity contribution < 1.29 is 14.5 Å². The second-order valence-corrected chi connectivity index (χ2v) is 7.52. The second-order valence-electron chi connectivity index (χ2n) is 7.09. The number of nitro benzene ring substituents is 1. The second kappa shape index (κ2) is 9.40. The fraction of sp³-hybridized carbons (Fsp3) is 0.526. The highest BCUT2D eigenvalue weighted by Gasteiger charge is 2.31. The first-order chi connectivity index (χ1) is 14.4. The maximum atomic E-state index is 12.9. The number of halogens is 1. The molecule has 11 heteroatoms. The fourth-order valence-electron chi connectivity index (χ4n) is 3.73. The zero-order valence-electron chi connectivity index (χ0n) is 16.9. The first-order valence-electron chi connectivity index (χ1n) is 9.77. The Bertz CT molecular complexity index is 994. The summed E-state index contributed by atoms with van der Waals surface area (Å²) < 4.78 is 8.10. The van der Waals surface area contributed by atoms with E-state index in [9.17, 15) is 19.7 Å². The summed E-state index contributed by atoms with van der Waals surface area (Å²) in [5, 5.41) is 16.0. The number of amides is 1. The van der Waals surface area contributed by atoms with Gasteiger partial charge >= 0.3 is 5.69 Å². The lowest BCUT2D eigenvalue weighted by atomic mass is 9.95. The number of aromatic nitrogens is 3. The van der Waals surface area contributed by atoms with Crippen LogP contribution in [0.3, 0.4) is 0 Å². The number of hydrogen-bond acceptors (Lipinski definition) is 6. The van der Waals surface area contributed by atoms with Crippen molar-refractivity contribution in [2.24, 2.45) is 0 Å². The van der Waals surface area contributed by atoms with E-state index in [0.717, 1.165) is 0 Å². The SMILES string of the molecule is CCn1c(C2CCN(C(=O)c3cc(Cl)ccc3[N+](=O)[O-])CC2)nn(CCOC)c1=O. The van der Waals surface area contributed by atoms with Gasteiger partial charge in [-0.1, -0.05) is 11.6 Å². The molecule has 0 N–H and O–H groups in total. The van der Waals surface area contributed by atoms with Crippen LogP contribution in [-0.4, -0.2) is 56.9 Å². The normalized spacial score (nSPS) is 14.8. The molecule has 1 amide bonds. The van der Waals surface area contributed by atoms with E-state index in [1.54, 1.807) is 16.6 Å². The van der Waals surface area contributed by atoms with Gasteiger partial charge in [-0.25, -0.2) is 9.48 Å². The number of ether oxygens (including phenoxy) is 1. The lowest BCUT2D eigenvalue weighted by Crippen LogP contribution is -2.38. The number of carbonyl (C=O) groups excluding carboxylic acids is 1. The van der Waals surface area contributed by atoms with Crippen molar-refractivity contribution in [3.63, 3.8) is 0 Å². The van der Waals surface area contributed by atoms with Gasteiger partial charge in [0.05, 0.1) is 18.1 Å². The smallest absolute Gasteiger partial charge is 0.345 e. The van der Waals surface area contributed by atoms with Gasteiger partial charge in [-0.2, -0.15) is 5.10 Å². The number of carbonyl (C=O) groups is 1. The third kappa shape index (κ3) is 4.39. The Hall–Kier alpha value is -2.72. The summed E-state index contributed by atoms with van der Waals surface area (Å²) in [5.41, 5.74) is -0.443. The minimum Gasteiger partial charge on any atom is -0.383 e. The van der Waals surface area contributed by atoms with Crippen LogP contribution in [0.1, 0.15) is 41.9 Å². The highest BCUT2D eigenvalue weighted by molar-refractivity contribution is 6.31. The van der Waals surface area contributed by atoms with Gasteiger partial charge in [0, 0.05) is 43.8 Å². The molecular formula is C19H24ClN5O5. The summed E-state index contributed by atoms with van der Waals surface area (Å²) in [5.74, 6) is 0.320. The Kier molecular flexibility index (Phi) is 6.88. The largest absolute Gasteiger partial charge is 0.383 e. The van der Waals surface area contributed by atoms with Crippen LogP contribution >= 0.6 is 11.6 Å². The molecule has 10 nitrogen and oxygen atoms in total. The van der Waals surface area contributed by atoms with Crippen molar-refractivity contribution in [2.45, 2.75) is 38.8 Å². The summed E-state index contributed by atoms with van der Waals surface area (Å²) in [6.07, 6.45) is 1.22. The quantitative estimate of drug-likeness (QED) is 0.485. The summed E-state index contributed by atoms with van der Waals surface area (Å²) in [6.45, 7) is 4.00. The monoisotopic (exact) mass is 437 g/mol. The molecule has 1 fully saturated rings. The molecule has 0 bridgehead atoms. The Labute approximate surface area is 178 Å². The molecule has 3 rings (SSSR count). The van der Waals surface area contributed by atoms with E-state index in [-0.39, 0.29) is 27.9 Å². The van der Waals surface area contributed by atoms with Crippen LogP contribution in [0.15, 0.2) is 23.0 Å². The molecule has 30 heavy (non-hydrogen) atoms. The van der Waals surface area contributed by atoms with E-state index in [1.807, 2.05) is 6.92 Å². The summed E-state index contributed by atoms with van der Waals surface area (Å²) in [4.78, 5) is 37.7. The fourth-order valence-corrected chi connectivity index (χ4v) is 3.90. The van der Waals surface area contributed by atoms with Gasteiger partial charge in [-0.05, 0) is 31.9 Å². The van der Waals surface area contributed by atoms with E-state index >= 15 is 0 Å². The van der Waals surface area contributed by atoms with Crippen LogP contribution in [0.25, 0.3) is 0 Å². The number of likely N-dealkylation sites (tertiary alicyclic amines) is 1. The molecule has 2 aromatic rings. The van der Waals surface area contributed by atoms with Crippen LogP contribution in [0.4, 0.5) is 5.69 Å². The topological polar surface area (TPSA) is 112 Å². The number of nitrogens with zero attached hydrogens (tertiary/aromatic N) is 5. The van der Waals surface area contributed by atoms with Crippen molar-refractivity contribution >= 4 is 23.2 Å². The van der Waals surface area contributed by atoms with Crippen molar-refractivity contribution in [2.75, 3.05) is 26.8 Å². The Balaban J connectivity index is 1.76. The van der Waals surface area contributed by atoms with Crippen molar-refractivity contribution in [1.82, 2.24) is 19.2 Å². The molecule has 1 aromatic heterocycles. The molecule has 1 saturated heterocycles. The molecule has 0 saturated carbocycles. The molecule has 0 radical (unpaired) electrons. The number of piperidine rings is 1. The first kappa shape index (κ1) is 22.0. The number of benzene rings is 1. The van der Waals surface area contributed by atoms with E-state index in [0.29, 0.717) is 51.5 Å². The molecule has 0 atom stereocenters. The van der Waals surface area contributed by atoms with Gasteiger partial charge in [-0.15, -0.1) is 0 Å². The average molecular weight is 438 g/mol. The van der Waals surface area contributed by atoms with Crippen LogP contribution in [0.2, 0.25) is 5.02 Å². The average Bonchev–Trinajstić information content (AvgIpc) is 3.06. The summed E-state index contributed by atoms with van der Waals surface area (Å²) >= 11 is 5.95. The van der Waals surface area contributed by atoms with Gasteiger partial charge in [-0.3, -0.25) is 19.5 Å². The highest BCUT2D eigenvalue weighted by atomic mass is 35.5. The molecule has 2 heterocycles.